The Hall–Kier alpha value is -1.58. The Balaban J connectivity index is 1.83. The molecule has 9 heteroatoms. The number of methoxy groups -OCH3 is 1. The van der Waals surface area contributed by atoms with Crippen LogP contribution in [0, 0.1) is 11.7 Å². The Morgan fingerprint density at radius 1 is 1.37 bits per heavy atom. The number of nitrogens with zero attached hydrogens (tertiary/aromatic N) is 3. The van der Waals surface area contributed by atoms with Gasteiger partial charge in [-0.3, -0.25) is 0 Å². The van der Waals surface area contributed by atoms with Crippen LogP contribution in [0.2, 0.25) is 0 Å². The first-order chi connectivity index (χ1) is 12.8. The molecule has 3 rings (SSSR count). The molecule has 6 nitrogen and oxygen atoms in total. The summed E-state index contributed by atoms with van der Waals surface area (Å²) in [5.41, 5.74) is 0. The smallest absolute Gasteiger partial charge is 0.246 e. The minimum atomic E-state index is -3.86. The Morgan fingerprint density at radius 3 is 2.85 bits per heavy atom. The fourth-order valence-corrected chi connectivity index (χ4v) is 6.09. The number of halogens is 1. The zero-order valence-corrected chi connectivity index (χ0v) is 17.3. The number of benzene rings is 1. The van der Waals surface area contributed by atoms with E-state index in [2.05, 4.69) is 24.0 Å². The molecule has 1 atom stereocenters. The summed E-state index contributed by atoms with van der Waals surface area (Å²) in [4.78, 5) is -0.136. The molecule has 0 saturated carbocycles. The summed E-state index contributed by atoms with van der Waals surface area (Å²) < 4.78 is 46.4. The van der Waals surface area contributed by atoms with E-state index in [1.807, 2.05) is 0 Å². The normalized spacial score (nSPS) is 18.8. The van der Waals surface area contributed by atoms with Crippen molar-refractivity contribution in [2.45, 2.75) is 43.9 Å². The molecular weight excluding hydrogens is 389 g/mol. The Morgan fingerprint density at radius 2 is 2.15 bits per heavy atom. The second-order valence-electron chi connectivity index (χ2n) is 7.13. The number of aromatic nitrogens is 2. The van der Waals surface area contributed by atoms with Gasteiger partial charge in [0.05, 0.1) is 7.11 Å². The third-order valence-corrected chi connectivity index (χ3v) is 7.54. The molecule has 1 aliphatic heterocycles. The predicted molar refractivity (Wildman–Crippen MR) is 102 cm³/mol. The number of piperidine rings is 1. The Bertz CT molecular complexity index is 899. The van der Waals surface area contributed by atoms with E-state index in [1.54, 1.807) is 11.3 Å². The van der Waals surface area contributed by atoms with E-state index in [0.29, 0.717) is 19.0 Å². The Labute approximate surface area is 163 Å². The van der Waals surface area contributed by atoms with Crippen molar-refractivity contribution in [1.82, 2.24) is 14.5 Å². The number of ether oxygens (including phenoxy) is 1. The Kier molecular flexibility index (Phi) is 6.12. The maximum atomic E-state index is 13.7. The molecule has 1 saturated heterocycles. The highest BCUT2D eigenvalue weighted by atomic mass is 32.2. The van der Waals surface area contributed by atoms with E-state index in [1.165, 1.54) is 23.5 Å². The van der Waals surface area contributed by atoms with Gasteiger partial charge in [-0.05, 0) is 37.0 Å². The van der Waals surface area contributed by atoms with Gasteiger partial charge in [0, 0.05) is 25.4 Å². The highest BCUT2D eigenvalue weighted by Crippen LogP contribution is 2.34. The van der Waals surface area contributed by atoms with Crippen LogP contribution in [0.1, 0.15) is 42.6 Å². The third-order valence-electron chi connectivity index (χ3n) is 4.54. The molecule has 0 N–H and O–H groups in total. The van der Waals surface area contributed by atoms with Crippen LogP contribution in [0.3, 0.4) is 0 Å². The van der Waals surface area contributed by atoms with Gasteiger partial charge in [-0.2, -0.15) is 4.31 Å². The number of sulfonamides is 1. The van der Waals surface area contributed by atoms with Gasteiger partial charge in [0.1, 0.15) is 26.5 Å². The molecule has 0 radical (unpaired) electrons. The van der Waals surface area contributed by atoms with Gasteiger partial charge in [-0.25, -0.2) is 12.8 Å². The van der Waals surface area contributed by atoms with Crippen molar-refractivity contribution in [2.24, 2.45) is 5.92 Å². The molecule has 0 aliphatic carbocycles. The lowest BCUT2D eigenvalue weighted by atomic mass is 10.0. The molecule has 1 aromatic carbocycles. The molecule has 0 spiro atoms. The van der Waals surface area contributed by atoms with Crippen LogP contribution in [0.5, 0.6) is 5.75 Å². The van der Waals surface area contributed by atoms with Crippen LogP contribution in [-0.2, 0) is 16.4 Å². The SMILES string of the molecule is COc1ccc(F)cc1S(=O)(=O)N1CCCC(c2nnc(CC(C)C)s2)C1. The van der Waals surface area contributed by atoms with Crippen LogP contribution >= 0.6 is 11.3 Å². The topological polar surface area (TPSA) is 72.4 Å². The van der Waals surface area contributed by atoms with Crippen molar-refractivity contribution in [3.05, 3.63) is 34.0 Å². The largest absolute Gasteiger partial charge is 0.495 e. The van der Waals surface area contributed by atoms with Crippen LogP contribution in [-0.4, -0.2) is 43.1 Å². The lowest BCUT2D eigenvalue weighted by Gasteiger charge is -2.31. The first-order valence-corrected chi connectivity index (χ1v) is 11.2. The van der Waals surface area contributed by atoms with E-state index in [4.69, 9.17) is 4.74 Å². The van der Waals surface area contributed by atoms with Gasteiger partial charge in [-0.15, -0.1) is 21.5 Å². The molecule has 2 heterocycles. The first-order valence-electron chi connectivity index (χ1n) is 8.97. The van der Waals surface area contributed by atoms with Gasteiger partial charge >= 0.3 is 0 Å². The minimum absolute atomic E-state index is 0.00601. The predicted octanol–water partition coefficient (Wildman–Crippen LogP) is 3.45. The summed E-state index contributed by atoms with van der Waals surface area (Å²) in [5, 5.41) is 10.4. The molecule has 2 aromatic rings. The third kappa shape index (κ3) is 4.47. The molecule has 1 fully saturated rings. The zero-order chi connectivity index (χ0) is 19.6. The lowest BCUT2D eigenvalue weighted by Crippen LogP contribution is -2.39. The quantitative estimate of drug-likeness (QED) is 0.725. The number of hydrogen-bond acceptors (Lipinski definition) is 6. The molecular formula is C18H24FN3O3S2. The maximum absolute atomic E-state index is 13.7. The van der Waals surface area contributed by atoms with Crippen LogP contribution in [0.15, 0.2) is 23.1 Å². The second kappa shape index (κ2) is 8.20. The van der Waals surface area contributed by atoms with Crippen molar-refractivity contribution in [3.8, 4) is 5.75 Å². The highest BCUT2D eigenvalue weighted by molar-refractivity contribution is 7.89. The summed E-state index contributed by atoms with van der Waals surface area (Å²) in [6.45, 7) is 4.97. The molecule has 27 heavy (non-hydrogen) atoms. The molecule has 1 unspecified atom stereocenters. The second-order valence-corrected chi connectivity index (χ2v) is 10.1. The standard InChI is InChI=1S/C18H24FN3O3S2/c1-12(2)9-17-20-21-18(26-17)13-5-4-8-22(11-13)27(23,24)16-10-14(19)6-7-15(16)25-3/h6-7,10,12-13H,4-5,8-9,11H2,1-3H3. The van der Waals surface area contributed by atoms with Gasteiger partial charge < -0.3 is 4.74 Å². The number of hydrogen-bond donors (Lipinski definition) is 0. The highest BCUT2D eigenvalue weighted by Gasteiger charge is 2.34. The van der Waals surface area contributed by atoms with E-state index in [9.17, 15) is 12.8 Å². The summed E-state index contributed by atoms with van der Waals surface area (Å²) in [7, 11) is -2.48. The maximum Gasteiger partial charge on any atom is 0.246 e. The van der Waals surface area contributed by atoms with Crippen molar-refractivity contribution in [1.29, 1.82) is 0 Å². The van der Waals surface area contributed by atoms with Crippen LogP contribution in [0.4, 0.5) is 4.39 Å². The fourth-order valence-electron chi connectivity index (χ4n) is 3.22. The molecule has 148 valence electrons. The average Bonchev–Trinajstić information content (AvgIpc) is 3.09. The van der Waals surface area contributed by atoms with Crippen molar-refractivity contribution in [2.75, 3.05) is 20.2 Å². The minimum Gasteiger partial charge on any atom is -0.495 e. The van der Waals surface area contributed by atoms with Crippen molar-refractivity contribution < 1.29 is 17.5 Å². The summed E-state index contributed by atoms with van der Waals surface area (Å²) in [6.07, 6.45) is 2.45. The number of rotatable bonds is 6. The van der Waals surface area contributed by atoms with Gasteiger partial charge in [0.15, 0.2) is 0 Å². The fraction of sp³-hybridized carbons (Fsp3) is 0.556. The lowest BCUT2D eigenvalue weighted by molar-refractivity contribution is 0.312. The van der Waals surface area contributed by atoms with E-state index in [0.717, 1.165) is 35.3 Å². The molecule has 1 aliphatic rings. The van der Waals surface area contributed by atoms with Gasteiger partial charge in [0.25, 0.3) is 0 Å². The van der Waals surface area contributed by atoms with Crippen molar-refractivity contribution in [3.63, 3.8) is 0 Å². The van der Waals surface area contributed by atoms with E-state index in [-0.39, 0.29) is 16.6 Å². The van der Waals surface area contributed by atoms with E-state index < -0.39 is 15.8 Å². The van der Waals surface area contributed by atoms with Gasteiger partial charge in [-0.1, -0.05) is 13.8 Å². The van der Waals surface area contributed by atoms with Crippen molar-refractivity contribution >= 4 is 21.4 Å². The summed E-state index contributed by atoms with van der Waals surface area (Å²) in [6, 6.07) is 3.55. The molecule has 1 aromatic heterocycles. The van der Waals surface area contributed by atoms with E-state index >= 15 is 0 Å². The van der Waals surface area contributed by atoms with Crippen LogP contribution in [0.25, 0.3) is 0 Å². The van der Waals surface area contributed by atoms with Gasteiger partial charge in [0.2, 0.25) is 10.0 Å². The monoisotopic (exact) mass is 413 g/mol. The molecule has 0 bridgehead atoms. The molecule has 0 amide bonds. The first kappa shape index (κ1) is 20.2. The average molecular weight is 414 g/mol. The summed E-state index contributed by atoms with van der Waals surface area (Å²) >= 11 is 1.56. The zero-order valence-electron chi connectivity index (χ0n) is 15.7. The summed E-state index contributed by atoms with van der Waals surface area (Å²) in [5.74, 6) is 0.0417. The van der Waals surface area contributed by atoms with Crippen LogP contribution < -0.4 is 4.74 Å².